The predicted molar refractivity (Wildman–Crippen MR) is 73.7 cm³/mol. The number of fused-ring (bicyclic) bond motifs is 1. The Kier molecular flexibility index (Phi) is 4.04. The van der Waals surface area contributed by atoms with E-state index in [1.165, 1.54) is 5.56 Å². The van der Waals surface area contributed by atoms with E-state index in [0.717, 1.165) is 23.2 Å². The van der Waals surface area contributed by atoms with Gasteiger partial charge in [-0.05, 0) is 31.9 Å². The van der Waals surface area contributed by atoms with Crippen molar-refractivity contribution in [2.75, 3.05) is 6.54 Å². The number of benzene rings is 1. The number of hydrogen-bond acceptors (Lipinski definition) is 3. The number of hydrogen-bond donors (Lipinski definition) is 2. The molecular weight excluding hydrogens is 226 g/mol. The number of aliphatic hydroxyl groups is 1. The lowest BCUT2D eigenvalue weighted by molar-refractivity contribution is 0.162. The molecule has 2 N–H and O–H groups in total. The molecule has 98 valence electrons. The van der Waals surface area contributed by atoms with Crippen molar-refractivity contribution in [3.63, 3.8) is 0 Å². The molecule has 0 amide bonds. The molecule has 1 heterocycles. The van der Waals surface area contributed by atoms with Crippen LogP contribution in [0, 0.1) is 6.92 Å². The van der Waals surface area contributed by atoms with Crippen LogP contribution < -0.4 is 5.32 Å². The number of nitrogens with one attached hydrogen (secondary N) is 1. The van der Waals surface area contributed by atoms with E-state index in [0.29, 0.717) is 6.54 Å². The van der Waals surface area contributed by atoms with Gasteiger partial charge in [0.15, 0.2) is 0 Å². The summed E-state index contributed by atoms with van der Waals surface area (Å²) < 4.78 is 5.88. The van der Waals surface area contributed by atoms with Crippen molar-refractivity contribution in [3.8, 4) is 0 Å². The van der Waals surface area contributed by atoms with Crippen molar-refractivity contribution >= 4 is 11.0 Å². The van der Waals surface area contributed by atoms with E-state index in [-0.39, 0.29) is 12.1 Å². The summed E-state index contributed by atoms with van der Waals surface area (Å²) >= 11 is 0. The fourth-order valence-corrected chi connectivity index (χ4v) is 2.16. The Hall–Kier alpha value is -1.32. The fourth-order valence-electron chi connectivity index (χ4n) is 2.16. The Morgan fingerprint density at radius 2 is 2.06 bits per heavy atom. The van der Waals surface area contributed by atoms with E-state index in [4.69, 9.17) is 4.42 Å². The highest BCUT2D eigenvalue weighted by Gasteiger charge is 2.16. The summed E-state index contributed by atoms with van der Waals surface area (Å²) in [5.41, 5.74) is 2.10. The molecule has 1 aromatic heterocycles. The van der Waals surface area contributed by atoms with Crippen LogP contribution in [0.15, 0.2) is 28.7 Å². The average molecular weight is 247 g/mol. The second kappa shape index (κ2) is 5.55. The minimum absolute atomic E-state index is 0.110. The highest BCUT2D eigenvalue weighted by Crippen LogP contribution is 2.28. The first-order chi connectivity index (χ1) is 8.63. The van der Waals surface area contributed by atoms with E-state index in [9.17, 15) is 5.11 Å². The van der Waals surface area contributed by atoms with Gasteiger partial charge in [0.2, 0.25) is 0 Å². The van der Waals surface area contributed by atoms with Gasteiger partial charge in [-0.1, -0.05) is 25.1 Å². The molecule has 3 nitrogen and oxygen atoms in total. The largest absolute Gasteiger partial charge is 0.459 e. The third-order valence-electron chi connectivity index (χ3n) is 3.40. The molecule has 0 aliphatic rings. The van der Waals surface area contributed by atoms with E-state index in [2.05, 4.69) is 25.2 Å². The molecule has 0 aliphatic heterocycles. The highest BCUT2D eigenvalue weighted by atomic mass is 16.3. The Morgan fingerprint density at radius 3 is 2.72 bits per heavy atom. The first-order valence-corrected chi connectivity index (χ1v) is 6.53. The molecule has 2 atom stereocenters. The molecule has 2 unspecified atom stereocenters. The number of para-hydroxylation sites is 1. The van der Waals surface area contributed by atoms with Crippen molar-refractivity contribution in [2.45, 2.75) is 39.3 Å². The van der Waals surface area contributed by atoms with Gasteiger partial charge < -0.3 is 14.8 Å². The van der Waals surface area contributed by atoms with Crippen LogP contribution >= 0.6 is 0 Å². The Balaban J connectivity index is 2.17. The highest BCUT2D eigenvalue weighted by molar-refractivity contribution is 5.82. The van der Waals surface area contributed by atoms with E-state index in [1.807, 2.05) is 25.1 Å². The molecule has 0 bridgehead atoms. The summed E-state index contributed by atoms with van der Waals surface area (Å²) in [6, 6.07) is 8.17. The van der Waals surface area contributed by atoms with Crippen LogP contribution in [0.5, 0.6) is 0 Å². The maximum atomic E-state index is 9.57. The van der Waals surface area contributed by atoms with Crippen LogP contribution in [-0.2, 0) is 0 Å². The lowest BCUT2D eigenvalue weighted by Crippen LogP contribution is -2.28. The zero-order chi connectivity index (χ0) is 13.1. The first-order valence-electron chi connectivity index (χ1n) is 6.53. The molecule has 0 saturated heterocycles. The SMILES string of the molecule is CCC(O)CNC(C)c1oc2ccccc2c1C. The Bertz CT molecular complexity index is 518. The molecule has 18 heavy (non-hydrogen) atoms. The number of aliphatic hydroxyl groups excluding tert-OH is 1. The minimum Gasteiger partial charge on any atom is -0.459 e. The lowest BCUT2D eigenvalue weighted by Gasteiger charge is -2.15. The molecule has 0 fully saturated rings. The zero-order valence-corrected chi connectivity index (χ0v) is 11.2. The van der Waals surface area contributed by atoms with Gasteiger partial charge in [0.1, 0.15) is 11.3 Å². The number of furan rings is 1. The van der Waals surface area contributed by atoms with Gasteiger partial charge in [-0.25, -0.2) is 0 Å². The molecule has 0 saturated carbocycles. The summed E-state index contributed by atoms with van der Waals surface area (Å²) in [5.74, 6) is 0.958. The van der Waals surface area contributed by atoms with Crippen molar-refractivity contribution < 1.29 is 9.52 Å². The van der Waals surface area contributed by atoms with Crippen LogP contribution in [0.3, 0.4) is 0 Å². The van der Waals surface area contributed by atoms with Gasteiger partial charge in [0.05, 0.1) is 12.1 Å². The maximum absolute atomic E-state index is 9.57. The maximum Gasteiger partial charge on any atom is 0.134 e. The molecule has 2 aromatic rings. The van der Waals surface area contributed by atoms with Crippen molar-refractivity contribution in [1.82, 2.24) is 5.32 Å². The summed E-state index contributed by atoms with van der Waals surface area (Å²) in [6.07, 6.45) is 0.468. The quantitative estimate of drug-likeness (QED) is 0.853. The molecule has 0 radical (unpaired) electrons. The third kappa shape index (κ3) is 2.57. The second-order valence-corrected chi connectivity index (χ2v) is 4.78. The van der Waals surface area contributed by atoms with Crippen LogP contribution in [-0.4, -0.2) is 17.8 Å². The standard InChI is InChI=1S/C15H21NO2/c1-4-12(17)9-16-11(3)15-10(2)13-7-5-6-8-14(13)18-15/h5-8,11-12,16-17H,4,9H2,1-3H3. The molecule has 0 aliphatic carbocycles. The molecule has 1 aromatic carbocycles. The van der Waals surface area contributed by atoms with Gasteiger partial charge in [-0.3, -0.25) is 0 Å². The Labute approximate surface area is 108 Å². The van der Waals surface area contributed by atoms with Crippen LogP contribution in [0.4, 0.5) is 0 Å². The van der Waals surface area contributed by atoms with Crippen LogP contribution in [0.1, 0.15) is 37.6 Å². The lowest BCUT2D eigenvalue weighted by atomic mass is 10.1. The second-order valence-electron chi connectivity index (χ2n) is 4.78. The summed E-state index contributed by atoms with van der Waals surface area (Å²) in [7, 11) is 0. The summed E-state index contributed by atoms with van der Waals surface area (Å²) in [6.45, 7) is 6.71. The molecule has 0 spiro atoms. The summed E-state index contributed by atoms with van der Waals surface area (Å²) in [4.78, 5) is 0. The van der Waals surface area contributed by atoms with Crippen molar-refractivity contribution in [3.05, 3.63) is 35.6 Å². The van der Waals surface area contributed by atoms with Gasteiger partial charge in [0, 0.05) is 11.9 Å². The average Bonchev–Trinajstić information content (AvgIpc) is 2.73. The number of rotatable bonds is 5. The normalized spacial score (nSPS) is 14.9. The topological polar surface area (TPSA) is 45.4 Å². The number of aryl methyl sites for hydroxylation is 1. The predicted octanol–water partition coefficient (Wildman–Crippen LogP) is 3.16. The van der Waals surface area contributed by atoms with Gasteiger partial charge in [-0.15, -0.1) is 0 Å². The molecular formula is C15H21NO2. The van der Waals surface area contributed by atoms with E-state index < -0.39 is 0 Å². The van der Waals surface area contributed by atoms with E-state index >= 15 is 0 Å². The summed E-state index contributed by atoms with van der Waals surface area (Å²) in [5, 5.41) is 14.0. The first kappa shape index (κ1) is 13.1. The molecule has 3 heteroatoms. The van der Waals surface area contributed by atoms with Gasteiger partial charge >= 0.3 is 0 Å². The van der Waals surface area contributed by atoms with Crippen molar-refractivity contribution in [2.24, 2.45) is 0 Å². The van der Waals surface area contributed by atoms with Crippen LogP contribution in [0.25, 0.3) is 11.0 Å². The van der Waals surface area contributed by atoms with Crippen molar-refractivity contribution in [1.29, 1.82) is 0 Å². The van der Waals surface area contributed by atoms with Gasteiger partial charge in [-0.2, -0.15) is 0 Å². The zero-order valence-electron chi connectivity index (χ0n) is 11.2. The smallest absolute Gasteiger partial charge is 0.134 e. The van der Waals surface area contributed by atoms with Crippen LogP contribution in [0.2, 0.25) is 0 Å². The minimum atomic E-state index is -0.294. The monoisotopic (exact) mass is 247 g/mol. The van der Waals surface area contributed by atoms with E-state index in [1.54, 1.807) is 0 Å². The van der Waals surface area contributed by atoms with Gasteiger partial charge in [0.25, 0.3) is 0 Å². The molecule has 2 rings (SSSR count). The Morgan fingerprint density at radius 1 is 1.33 bits per heavy atom. The fraction of sp³-hybridized carbons (Fsp3) is 0.467. The third-order valence-corrected chi connectivity index (χ3v) is 3.40.